The van der Waals surface area contributed by atoms with Crippen molar-refractivity contribution in [2.24, 2.45) is 69.0 Å². The number of nitrogens with one attached hydrogen (secondary N) is 7. The van der Waals surface area contributed by atoms with Gasteiger partial charge in [0.1, 0.15) is 42.8 Å². The van der Waals surface area contributed by atoms with Crippen molar-refractivity contribution in [2.45, 2.75) is 245 Å². The highest BCUT2D eigenvalue weighted by molar-refractivity contribution is 8.00. The summed E-state index contributed by atoms with van der Waals surface area (Å²) in [6.45, 7) is 16.6. The van der Waals surface area contributed by atoms with Crippen molar-refractivity contribution in [1.29, 1.82) is 0 Å². The van der Waals surface area contributed by atoms with E-state index in [1.807, 2.05) is 52.0 Å². The van der Waals surface area contributed by atoms with Crippen molar-refractivity contribution in [2.75, 3.05) is 38.7 Å². The molecule has 4 aliphatic carbocycles. The first-order chi connectivity index (χ1) is 50.3. The molecular weight excluding hydrogens is 1370 g/mol. The SMILES string of the molecule is CCCCC(C(=O)N(C)[C@@H](CCCC)C(=O)N[C@@H](CC(C)C)C(=O)N[C@@H](CSCC(N)=O)C(=O)NCC(N)=O)N(C)C(=O)[C@H](Cc1cn(CC(=O)O)c2ccccc12)NC(=O)[C@H](CCNC(=O)CC[C@@H](C)[C@H]1CCC2C3CC[C@]4(C)CCCC[C@]4(C)C3CC[C@@]21C)NC(=O)[C@@H](N)Cc1c[nH]c2ccccc12. The quantitative estimate of drug-likeness (QED) is 0.0205. The Kier molecular flexibility index (Phi) is 29.7. The number of aliphatic carboxylic acids is 1. The van der Waals surface area contributed by atoms with Crippen LogP contribution in [-0.2, 0) is 72.1 Å². The van der Waals surface area contributed by atoms with E-state index in [-0.39, 0.29) is 80.2 Å². The average molecular weight is 1490 g/mol. The molecule has 4 fully saturated rings. The molecule has 0 aliphatic heterocycles. The van der Waals surface area contributed by atoms with Crippen LogP contribution in [0.25, 0.3) is 21.8 Å². The van der Waals surface area contributed by atoms with Crippen LogP contribution in [0, 0.1) is 51.8 Å². The van der Waals surface area contributed by atoms with E-state index < -0.39 is 115 Å². The van der Waals surface area contributed by atoms with Gasteiger partial charge in [-0.1, -0.05) is 130 Å². The standard InChI is InChI=1S/C80H121N13O12S/c1-11-13-24-65(75(103)88-61(39-48(3)4)74(102)90-63(46-106-47-68(83)95)72(100)86-43-67(82)94)91(9)77(105)66(25-14-12-2)92(10)76(104)62(41-51-44-93(45-70(97)98)64-26-18-16-22-53(51)64)89-73(101)60(87-71(99)58(81)40-50-42-85-59-23-17-15-21-52(50)59)33-38-84-69(96)30-27-49(5)55-28-29-56-54-31-36-78(6)34-19-20-35-80(78,8)57(54)32-37-79(55,56)7/h15-18,21-23,26,42,44,48-49,54-58,60-63,65-66,85H,11-14,19-20,24-25,27-41,43,45-47,81H2,1-10H3,(H2,82,94)(H2,83,95)(H,84,96)(H,86,100)(H,87,99)(H,88,103)(H,89,101)(H,90,102)(H,97,98)/t49-,54?,55-,56?,57?,58+,60+,61+,62+,63+,65+,66?,78+,79-,80-/m1/s1. The number of benzene rings is 2. The zero-order chi connectivity index (χ0) is 77.4. The number of primary amides is 2. The first-order valence-electron chi connectivity index (χ1n) is 38.9. The van der Waals surface area contributed by atoms with Crippen LogP contribution in [-0.4, -0.2) is 170 Å². The fraction of sp³-hybridized carbons (Fsp3) is 0.662. The molecule has 25 nitrogen and oxygen atoms in total. The molecule has 0 spiro atoms. The zero-order valence-electron chi connectivity index (χ0n) is 64.3. The Hall–Kier alpha value is -8.00. The molecule has 0 radical (unpaired) electrons. The number of rotatable bonds is 40. The minimum absolute atomic E-state index is 0.0301. The number of H-pyrrole nitrogens is 1. The summed E-state index contributed by atoms with van der Waals surface area (Å²) in [6.07, 6.45) is 19.5. The molecular formula is C80H121N13O12S. The maximum Gasteiger partial charge on any atom is 0.323 e. The molecule has 2 heterocycles. The number of thioether (sulfide) groups is 1. The lowest BCUT2D eigenvalue weighted by Gasteiger charge is -2.65. The second-order valence-electron chi connectivity index (χ2n) is 32.3. The van der Waals surface area contributed by atoms with Gasteiger partial charge in [0.25, 0.3) is 0 Å². The van der Waals surface area contributed by atoms with Crippen LogP contribution in [0.5, 0.6) is 0 Å². The third-order valence-corrected chi connectivity index (χ3v) is 25.9. The molecule has 4 aliphatic rings. The molecule has 0 bridgehead atoms. The van der Waals surface area contributed by atoms with Gasteiger partial charge >= 0.3 is 5.97 Å². The number of carbonyl (C=O) groups excluding carboxylic acids is 10. The number of carboxylic acid groups (broad SMARTS) is 1. The Balaban J connectivity index is 1.04. The second-order valence-corrected chi connectivity index (χ2v) is 33.3. The number of para-hydroxylation sites is 2. The van der Waals surface area contributed by atoms with Gasteiger partial charge in [-0.2, -0.15) is 0 Å². The van der Waals surface area contributed by atoms with Crippen LogP contribution in [0.4, 0.5) is 0 Å². The van der Waals surface area contributed by atoms with Crippen molar-refractivity contribution < 1.29 is 57.8 Å². The lowest BCUT2D eigenvalue weighted by Crippen LogP contribution is -2.61. The van der Waals surface area contributed by atoms with Gasteiger partial charge in [-0.25, -0.2) is 0 Å². The first kappa shape index (κ1) is 83.6. The van der Waals surface area contributed by atoms with Crippen LogP contribution >= 0.6 is 11.8 Å². The summed E-state index contributed by atoms with van der Waals surface area (Å²) in [7, 11) is 2.90. The van der Waals surface area contributed by atoms with Crippen molar-refractivity contribution >= 4 is 98.6 Å². The molecule has 4 aromatic rings. The van der Waals surface area contributed by atoms with Gasteiger partial charge in [-0.3, -0.25) is 52.7 Å². The summed E-state index contributed by atoms with van der Waals surface area (Å²) >= 11 is 0.973. The Morgan fingerprint density at radius 3 is 1.98 bits per heavy atom. The number of hydrogen-bond donors (Lipinski definition) is 11. The zero-order valence-corrected chi connectivity index (χ0v) is 65.1. The molecule has 8 rings (SSSR count). The highest BCUT2D eigenvalue weighted by atomic mass is 32.2. The third-order valence-electron chi connectivity index (χ3n) is 24.8. The number of nitrogens with two attached hydrogens (primary N) is 3. The van der Waals surface area contributed by atoms with Gasteiger partial charge in [0.15, 0.2) is 0 Å². The highest BCUT2D eigenvalue weighted by Gasteiger charge is 2.63. The number of nitrogens with zero attached hydrogens (tertiary/aromatic N) is 3. The van der Waals surface area contributed by atoms with E-state index in [1.54, 1.807) is 36.7 Å². The van der Waals surface area contributed by atoms with Crippen molar-refractivity contribution in [1.82, 2.24) is 51.3 Å². The predicted molar refractivity (Wildman–Crippen MR) is 412 cm³/mol. The van der Waals surface area contributed by atoms with E-state index in [9.17, 15) is 43.5 Å². The molecule has 106 heavy (non-hydrogen) atoms. The van der Waals surface area contributed by atoms with Crippen LogP contribution in [0.3, 0.4) is 0 Å². The number of unbranched alkanes of at least 4 members (excludes halogenated alkanes) is 2. The van der Waals surface area contributed by atoms with Crippen LogP contribution in [0.2, 0.25) is 0 Å². The molecule has 10 amide bonds. The number of amides is 10. The Morgan fingerprint density at radius 1 is 0.651 bits per heavy atom. The molecule has 0 saturated heterocycles. The fourth-order valence-electron chi connectivity index (χ4n) is 18.8. The summed E-state index contributed by atoms with van der Waals surface area (Å²) in [5.74, 6) is -5.30. The Morgan fingerprint density at radius 2 is 1.29 bits per heavy atom. The van der Waals surface area contributed by atoms with E-state index in [2.05, 4.69) is 64.6 Å². The van der Waals surface area contributed by atoms with E-state index in [4.69, 9.17) is 17.2 Å². The predicted octanol–water partition coefficient (Wildman–Crippen LogP) is 7.52. The highest BCUT2D eigenvalue weighted by Crippen LogP contribution is 2.71. The third kappa shape index (κ3) is 20.4. The lowest BCUT2D eigenvalue weighted by atomic mass is 9.40. The van der Waals surface area contributed by atoms with Gasteiger partial charge in [0.05, 0.1) is 18.3 Å². The normalized spacial score (nSPS) is 23.4. The average Bonchev–Trinajstić information content (AvgIpc) is 1.28. The van der Waals surface area contributed by atoms with Gasteiger partial charge < -0.3 is 73.6 Å². The number of aromatic nitrogens is 2. The van der Waals surface area contributed by atoms with Crippen LogP contribution in [0.15, 0.2) is 60.9 Å². The van der Waals surface area contributed by atoms with Crippen molar-refractivity contribution in [3.05, 3.63) is 72.1 Å². The largest absolute Gasteiger partial charge is 0.480 e. The fourth-order valence-corrected chi connectivity index (χ4v) is 19.6. The number of hydrogen-bond acceptors (Lipinski definition) is 13. The second kappa shape index (κ2) is 37.7. The van der Waals surface area contributed by atoms with Gasteiger partial charge in [-0.15, -0.1) is 11.8 Å². The maximum atomic E-state index is 15.8. The summed E-state index contributed by atoms with van der Waals surface area (Å²) in [5.41, 5.74) is 21.1. The van der Waals surface area contributed by atoms with E-state index in [1.165, 1.54) is 86.2 Å². The molecule has 26 heteroatoms. The molecule has 2 aromatic heterocycles. The van der Waals surface area contributed by atoms with E-state index in [0.717, 1.165) is 46.5 Å². The number of aromatic amines is 1. The molecule has 14 N–H and O–H groups in total. The van der Waals surface area contributed by atoms with Crippen LogP contribution < -0.4 is 49.1 Å². The summed E-state index contributed by atoms with van der Waals surface area (Å²) in [4.78, 5) is 159. The number of likely N-dealkylation sites (N-methyl/N-ethyl adjacent to an activating group) is 2. The summed E-state index contributed by atoms with van der Waals surface area (Å²) < 4.78 is 1.53. The van der Waals surface area contributed by atoms with Crippen molar-refractivity contribution in [3.63, 3.8) is 0 Å². The smallest absolute Gasteiger partial charge is 0.323 e. The first-order valence-corrected chi connectivity index (χ1v) is 40.0. The lowest BCUT2D eigenvalue weighted by molar-refractivity contribution is -0.154. The number of fused-ring (bicyclic) bond motifs is 7. The minimum atomic E-state index is -1.48. The summed E-state index contributed by atoms with van der Waals surface area (Å²) in [6, 6.07) is 5.67. The molecule has 2 aromatic carbocycles. The number of carboxylic acids is 1. The topological polar surface area (TPSA) is 385 Å². The van der Waals surface area contributed by atoms with Crippen LogP contribution in [0.1, 0.15) is 195 Å². The maximum absolute atomic E-state index is 15.8. The monoisotopic (exact) mass is 1490 g/mol. The molecule has 15 atom stereocenters. The van der Waals surface area contributed by atoms with E-state index >= 15 is 14.4 Å². The number of carbonyl (C=O) groups is 11. The summed E-state index contributed by atoms with van der Waals surface area (Å²) in [5, 5.41) is 28.3. The molecule has 4 saturated carbocycles. The van der Waals surface area contributed by atoms with Gasteiger partial charge in [0, 0.05) is 73.4 Å². The minimum Gasteiger partial charge on any atom is -0.480 e. The Bertz CT molecular complexity index is 3770. The van der Waals surface area contributed by atoms with Gasteiger partial charge in [0.2, 0.25) is 59.1 Å². The van der Waals surface area contributed by atoms with Crippen molar-refractivity contribution in [3.8, 4) is 0 Å². The molecule has 584 valence electrons. The van der Waals surface area contributed by atoms with Gasteiger partial charge in [-0.05, 0) is 165 Å². The van der Waals surface area contributed by atoms with E-state index in [0.29, 0.717) is 77.2 Å². The molecule has 4 unspecified atom stereocenters. The Labute approximate surface area is 629 Å².